The SMILES string of the molecule is CCN(CC)C(=O)CN1CCN(C(=O)C=Cc2ccc(OC(C)C)c(OC)c2)CC1. The van der Waals surface area contributed by atoms with Crippen LogP contribution in [0.25, 0.3) is 6.08 Å². The zero-order valence-corrected chi connectivity index (χ0v) is 18.9. The Kier molecular flexibility index (Phi) is 9.17. The Bertz CT molecular complexity index is 736. The van der Waals surface area contributed by atoms with E-state index in [1.165, 1.54) is 0 Å². The molecule has 2 amide bonds. The van der Waals surface area contributed by atoms with Crippen LogP contribution >= 0.6 is 0 Å². The van der Waals surface area contributed by atoms with Gasteiger partial charge in [-0.15, -0.1) is 0 Å². The molecule has 1 aliphatic heterocycles. The number of likely N-dealkylation sites (N-methyl/N-ethyl adjacent to an activating group) is 1. The van der Waals surface area contributed by atoms with E-state index >= 15 is 0 Å². The van der Waals surface area contributed by atoms with E-state index in [0.717, 1.165) is 18.7 Å². The van der Waals surface area contributed by atoms with Crippen molar-refractivity contribution in [3.63, 3.8) is 0 Å². The van der Waals surface area contributed by atoms with Crippen LogP contribution in [0.3, 0.4) is 0 Å². The largest absolute Gasteiger partial charge is 0.493 e. The number of hydrogen-bond acceptors (Lipinski definition) is 5. The first-order valence-corrected chi connectivity index (χ1v) is 10.7. The Morgan fingerprint density at radius 1 is 1.10 bits per heavy atom. The van der Waals surface area contributed by atoms with Crippen LogP contribution in [0.2, 0.25) is 0 Å². The predicted octanol–water partition coefficient (Wildman–Crippen LogP) is 2.51. The number of methoxy groups -OCH3 is 1. The van der Waals surface area contributed by atoms with Gasteiger partial charge >= 0.3 is 0 Å². The zero-order chi connectivity index (χ0) is 22.1. The lowest BCUT2D eigenvalue weighted by molar-refractivity contribution is -0.133. The molecule has 0 atom stereocenters. The summed E-state index contributed by atoms with van der Waals surface area (Å²) < 4.78 is 11.1. The highest BCUT2D eigenvalue weighted by molar-refractivity contribution is 5.92. The standard InChI is InChI=1S/C23H35N3O4/c1-6-25(7-2)23(28)17-24-12-14-26(15-13-24)22(27)11-9-19-8-10-20(30-18(3)4)21(16-19)29-5/h8-11,16,18H,6-7,12-15,17H2,1-5H3. The average Bonchev–Trinajstić information content (AvgIpc) is 2.73. The van der Waals surface area contributed by atoms with Crippen molar-refractivity contribution < 1.29 is 19.1 Å². The summed E-state index contributed by atoms with van der Waals surface area (Å²) >= 11 is 0. The summed E-state index contributed by atoms with van der Waals surface area (Å²) in [6.07, 6.45) is 3.44. The van der Waals surface area contributed by atoms with Crippen molar-refractivity contribution in [2.45, 2.75) is 33.8 Å². The molecule has 1 heterocycles. The summed E-state index contributed by atoms with van der Waals surface area (Å²) in [7, 11) is 1.60. The van der Waals surface area contributed by atoms with Crippen LogP contribution in [-0.4, -0.2) is 85.5 Å². The van der Waals surface area contributed by atoms with Crippen LogP contribution in [0.15, 0.2) is 24.3 Å². The Morgan fingerprint density at radius 3 is 2.33 bits per heavy atom. The van der Waals surface area contributed by atoms with Gasteiger partial charge in [0.1, 0.15) is 0 Å². The van der Waals surface area contributed by atoms with E-state index in [9.17, 15) is 9.59 Å². The molecule has 0 aromatic heterocycles. The van der Waals surface area contributed by atoms with Gasteiger partial charge in [0.2, 0.25) is 11.8 Å². The molecule has 0 N–H and O–H groups in total. The van der Waals surface area contributed by atoms with Gasteiger partial charge in [-0.1, -0.05) is 6.07 Å². The fourth-order valence-corrected chi connectivity index (χ4v) is 3.41. The van der Waals surface area contributed by atoms with E-state index in [1.807, 2.05) is 55.7 Å². The number of piperazine rings is 1. The number of carbonyl (C=O) groups excluding carboxylic acids is 2. The third-order valence-corrected chi connectivity index (χ3v) is 5.13. The molecule has 1 fully saturated rings. The van der Waals surface area contributed by atoms with Crippen molar-refractivity contribution in [2.75, 3.05) is 52.9 Å². The van der Waals surface area contributed by atoms with Gasteiger partial charge in [-0.3, -0.25) is 14.5 Å². The molecule has 0 spiro atoms. The van der Waals surface area contributed by atoms with Crippen LogP contribution in [0.1, 0.15) is 33.3 Å². The van der Waals surface area contributed by atoms with Crippen molar-refractivity contribution >= 4 is 17.9 Å². The fourth-order valence-electron chi connectivity index (χ4n) is 3.41. The van der Waals surface area contributed by atoms with Crippen molar-refractivity contribution in [3.05, 3.63) is 29.8 Å². The van der Waals surface area contributed by atoms with Gasteiger partial charge in [-0.25, -0.2) is 0 Å². The third kappa shape index (κ3) is 6.76. The number of amides is 2. The quantitative estimate of drug-likeness (QED) is 0.578. The maximum atomic E-state index is 12.6. The summed E-state index contributed by atoms with van der Waals surface area (Å²) in [5, 5.41) is 0. The lowest BCUT2D eigenvalue weighted by atomic mass is 10.1. The molecule has 1 aliphatic rings. The number of hydrogen-bond donors (Lipinski definition) is 0. The molecule has 1 aromatic carbocycles. The third-order valence-electron chi connectivity index (χ3n) is 5.13. The van der Waals surface area contributed by atoms with Crippen molar-refractivity contribution in [1.29, 1.82) is 0 Å². The molecule has 30 heavy (non-hydrogen) atoms. The number of benzene rings is 1. The van der Waals surface area contributed by atoms with Gasteiger partial charge in [-0.05, 0) is 51.5 Å². The molecule has 0 aliphatic carbocycles. The van der Waals surface area contributed by atoms with Gasteiger partial charge in [-0.2, -0.15) is 0 Å². The zero-order valence-electron chi connectivity index (χ0n) is 18.9. The minimum absolute atomic E-state index is 0.0220. The predicted molar refractivity (Wildman–Crippen MR) is 119 cm³/mol. The lowest BCUT2D eigenvalue weighted by Gasteiger charge is -2.34. The van der Waals surface area contributed by atoms with Crippen molar-refractivity contribution in [1.82, 2.24) is 14.7 Å². The Morgan fingerprint density at radius 2 is 1.77 bits per heavy atom. The molecule has 0 bridgehead atoms. The van der Waals surface area contributed by atoms with E-state index < -0.39 is 0 Å². The second-order valence-corrected chi connectivity index (χ2v) is 7.58. The summed E-state index contributed by atoms with van der Waals surface area (Å²) in [5.74, 6) is 1.46. The Hall–Kier alpha value is -2.54. The van der Waals surface area contributed by atoms with Crippen LogP contribution in [-0.2, 0) is 9.59 Å². The summed E-state index contributed by atoms with van der Waals surface area (Å²) in [6, 6.07) is 5.62. The Balaban J connectivity index is 1.88. The lowest BCUT2D eigenvalue weighted by Crippen LogP contribution is -2.51. The highest BCUT2D eigenvalue weighted by Gasteiger charge is 2.22. The monoisotopic (exact) mass is 417 g/mol. The maximum absolute atomic E-state index is 12.6. The minimum atomic E-state index is -0.0220. The number of nitrogens with zero attached hydrogens (tertiary/aromatic N) is 3. The first-order chi connectivity index (χ1) is 14.4. The first kappa shape index (κ1) is 23.7. The van der Waals surface area contributed by atoms with Crippen molar-refractivity contribution in [2.24, 2.45) is 0 Å². The summed E-state index contributed by atoms with van der Waals surface area (Å²) in [6.45, 7) is 12.5. The smallest absolute Gasteiger partial charge is 0.246 e. The summed E-state index contributed by atoms with van der Waals surface area (Å²) in [4.78, 5) is 30.6. The van der Waals surface area contributed by atoms with Gasteiger partial charge in [0.05, 0.1) is 19.8 Å². The average molecular weight is 418 g/mol. The van der Waals surface area contributed by atoms with Gasteiger partial charge in [0.25, 0.3) is 0 Å². The van der Waals surface area contributed by atoms with Crippen molar-refractivity contribution in [3.8, 4) is 11.5 Å². The normalized spacial score (nSPS) is 14.9. The van der Waals surface area contributed by atoms with Gasteiger partial charge < -0.3 is 19.3 Å². The van der Waals surface area contributed by atoms with Crippen LogP contribution in [0, 0.1) is 0 Å². The van der Waals surface area contributed by atoms with E-state index in [2.05, 4.69) is 4.90 Å². The molecule has 7 nitrogen and oxygen atoms in total. The molecule has 0 saturated carbocycles. The molecule has 0 unspecified atom stereocenters. The number of rotatable bonds is 9. The highest BCUT2D eigenvalue weighted by Crippen LogP contribution is 2.29. The van der Waals surface area contributed by atoms with Crippen LogP contribution in [0.4, 0.5) is 0 Å². The van der Waals surface area contributed by atoms with Gasteiger partial charge in [0.15, 0.2) is 11.5 Å². The number of carbonyl (C=O) groups is 2. The second-order valence-electron chi connectivity index (χ2n) is 7.58. The molecule has 166 valence electrons. The molecular weight excluding hydrogens is 382 g/mol. The topological polar surface area (TPSA) is 62.3 Å². The Labute approximate surface area is 180 Å². The van der Waals surface area contributed by atoms with E-state index in [4.69, 9.17) is 9.47 Å². The molecule has 1 saturated heterocycles. The highest BCUT2D eigenvalue weighted by atomic mass is 16.5. The molecular formula is C23H35N3O4. The van der Waals surface area contributed by atoms with Crippen LogP contribution in [0.5, 0.6) is 11.5 Å². The first-order valence-electron chi connectivity index (χ1n) is 10.7. The number of ether oxygens (including phenoxy) is 2. The minimum Gasteiger partial charge on any atom is -0.493 e. The molecule has 2 rings (SSSR count). The van der Waals surface area contributed by atoms with Crippen LogP contribution < -0.4 is 9.47 Å². The molecule has 1 aromatic rings. The summed E-state index contributed by atoms with van der Waals surface area (Å²) in [5.41, 5.74) is 0.875. The maximum Gasteiger partial charge on any atom is 0.246 e. The van der Waals surface area contributed by atoms with E-state index in [0.29, 0.717) is 44.2 Å². The second kappa shape index (κ2) is 11.6. The molecule has 7 heteroatoms. The van der Waals surface area contributed by atoms with E-state index in [-0.39, 0.29) is 17.9 Å². The molecule has 0 radical (unpaired) electrons. The fraction of sp³-hybridized carbons (Fsp3) is 0.565. The van der Waals surface area contributed by atoms with Gasteiger partial charge in [0, 0.05) is 45.3 Å². The van der Waals surface area contributed by atoms with E-state index in [1.54, 1.807) is 19.3 Å².